The first-order valence-corrected chi connectivity index (χ1v) is 10.3. The number of aliphatic hydroxyl groups is 1. The second-order valence-electron chi connectivity index (χ2n) is 9.79. The Morgan fingerprint density at radius 3 is 2.54 bits per heavy atom. The lowest BCUT2D eigenvalue weighted by Crippen LogP contribution is -2.66. The van der Waals surface area contributed by atoms with Gasteiger partial charge in [0.05, 0.1) is 0 Å². The molecule has 0 aromatic rings. The molecule has 2 unspecified atom stereocenters. The van der Waals surface area contributed by atoms with E-state index in [4.69, 9.17) is 0 Å². The summed E-state index contributed by atoms with van der Waals surface area (Å²) in [6.45, 7) is 4.61. The standard InChI is InChI=1S/C22H28F2O4/c1-11-19(28)17(26)9-15-16(23)8-14-12-4-5-13(18(27)10-25)20(12,2)6-7-22(14,24)21(11,15)3/h9,11-14,16,25H,4-8,10H2,1-3H3/t11?,12-,13+,14-,16?,20-,21-,22+/m0/s1. The zero-order valence-electron chi connectivity index (χ0n) is 16.6. The zero-order valence-corrected chi connectivity index (χ0v) is 16.6. The lowest BCUT2D eigenvalue weighted by molar-refractivity contribution is -0.176. The van der Waals surface area contributed by atoms with Gasteiger partial charge in [0.1, 0.15) is 18.4 Å². The van der Waals surface area contributed by atoms with Crippen LogP contribution in [0.5, 0.6) is 0 Å². The molecule has 4 aliphatic rings. The first-order chi connectivity index (χ1) is 13.0. The van der Waals surface area contributed by atoms with Crippen LogP contribution in [-0.2, 0) is 14.4 Å². The highest BCUT2D eigenvalue weighted by molar-refractivity contribution is 6.43. The summed E-state index contributed by atoms with van der Waals surface area (Å²) < 4.78 is 32.2. The van der Waals surface area contributed by atoms with E-state index in [1.807, 2.05) is 6.92 Å². The molecule has 0 aromatic carbocycles. The normalized spacial score (nSPS) is 50.5. The number of halogens is 2. The van der Waals surface area contributed by atoms with Crippen LogP contribution in [0.4, 0.5) is 8.78 Å². The molecule has 3 saturated carbocycles. The highest BCUT2D eigenvalue weighted by Crippen LogP contribution is 2.70. The molecular weight excluding hydrogens is 366 g/mol. The molecule has 0 amide bonds. The van der Waals surface area contributed by atoms with Gasteiger partial charge >= 0.3 is 0 Å². The summed E-state index contributed by atoms with van der Waals surface area (Å²) in [6, 6.07) is 0. The van der Waals surface area contributed by atoms with Gasteiger partial charge in [0, 0.05) is 23.2 Å². The molecule has 1 N–H and O–H groups in total. The Kier molecular flexibility index (Phi) is 4.28. The van der Waals surface area contributed by atoms with Gasteiger partial charge in [-0.3, -0.25) is 14.4 Å². The molecule has 28 heavy (non-hydrogen) atoms. The van der Waals surface area contributed by atoms with Crippen molar-refractivity contribution in [3.63, 3.8) is 0 Å². The topological polar surface area (TPSA) is 71.4 Å². The molecule has 0 saturated heterocycles. The van der Waals surface area contributed by atoms with Crippen LogP contribution in [0.25, 0.3) is 0 Å². The molecule has 4 rings (SSSR count). The third-order valence-electron chi connectivity index (χ3n) is 9.11. The maximum absolute atomic E-state index is 16.9. The fraction of sp³-hybridized carbons (Fsp3) is 0.773. The number of allylic oxidation sites excluding steroid dienone is 1. The summed E-state index contributed by atoms with van der Waals surface area (Å²) in [4.78, 5) is 36.7. The van der Waals surface area contributed by atoms with Crippen molar-refractivity contribution in [2.45, 2.75) is 64.7 Å². The summed E-state index contributed by atoms with van der Waals surface area (Å²) in [5, 5.41) is 9.35. The molecule has 154 valence electrons. The number of hydrogen-bond acceptors (Lipinski definition) is 4. The Balaban J connectivity index is 1.81. The SMILES string of the molecule is CC1C(=O)C(=O)C=C2C(F)C[C@H]3[C@@H]4CC[C@H](C(=O)CO)[C@@]4(C)CC[C@]3(F)[C@]21C. The average molecular weight is 394 g/mol. The van der Waals surface area contributed by atoms with E-state index in [2.05, 4.69) is 0 Å². The predicted octanol–water partition coefficient (Wildman–Crippen LogP) is 3.16. The third-order valence-corrected chi connectivity index (χ3v) is 9.11. The number of rotatable bonds is 2. The van der Waals surface area contributed by atoms with Crippen LogP contribution in [0.3, 0.4) is 0 Å². The summed E-state index contributed by atoms with van der Waals surface area (Å²) in [5.41, 5.74) is -3.47. The lowest BCUT2D eigenvalue weighted by atomic mass is 9.43. The maximum Gasteiger partial charge on any atom is 0.221 e. The monoisotopic (exact) mass is 394 g/mol. The molecular formula is C22H28F2O4. The number of ketones is 3. The van der Waals surface area contributed by atoms with E-state index in [-0.39, 0.29) is 36.0 Å². The van der Waals surface area contributed by atoms with Crippen molar-refractivity contribution >= 4 is 17.3 Å². The van der Waals surface area contributed by atoms with Crippen LogP contribution in [0.2, 0.25) is 0 Å². The number of fused-ring (bicyclic) bond motifs is 5. The van der Waals surface area contributed by atoms with Gasteiger partial charge in [-0.15, -0.1) is 0 Å². The molecule has 3 fully saturated rings. The van der Waals surface area contributed by atoms with Crippen molar-refractivity contribution in [1.82, 2.24) is 0 Å². The summed E-state index contributed by atoms with van der Waals surface area (Å²) in [5.74, 6) is -3.63. The van der Waals surface area contributed by atoms with Gasteiger partial charge in [-0.1, -0.05) is 20.8 Å². The van der Waals surface area contributed by atoms with Crippen molar-refractivity contribution in [3.8, 4) is 0 Å². The number of carbonyl (C=O) groups excluding carboxylic acids is 3. The number of hydrogen-bond donors (Lipinski definition) is 1. The Hall–Kier alpha value is -1.43. The van der Waals surface area contributed by atoms with Crippen molar-refractivity contribution in [1.29, 1.82) is 0 Å². The summed E-state index contributed by atoms with van der Waals surface area (Å²) in [6.07, 6.45) is 1.34. The number of aliphatic hydroxyl groups excluding tert-OH is 1. The van der Waals surface area contributed by atoms with E-state index < -0.39 is 52.7 Å². The second-order valence-corrected chi connectivity index (χ2v) is 9.79. The average Bonchev–Trinajstić information content (AvgIpc) is 3.01. The lowest BCUT2D eigenvalue weighted by Gasteiger charge is -2.62. The Bertz CT molecular complexity index is 791. The quantitative estimate of drug-likeness (QED) is 0.731. The number of carbonyl (C=O) groups is 3. The predicted molar refractivity (Wildman–Crippen MR) is 97.9 cm³/mol. The van der Waals surface area contributed by atoms with Crippen LogP contribution in [0, 0.1) is 34.5 Å². The summed E-state index contributed by atoms with van der Waals surface area (Å²) in [7, 11) is 0. The van der Waals surface area contributed by atoms with E-state index in [1.165, 1.54) is 0 Å². The Morgan fingerprint density at radius 1 is 1.21 bits per heavy atom. The molecule has 0 bridgehead atoms. The van der Waals surface area contributed by atoms with Gasteiger partial charge in [0.2, 0.25) is 11.6 Å². The highest BCUT2D eigenvalue weighted by atomic mass is 19.1. The van der Waals surface area contributed by atoms with Crippen molar-refractivity contribution in [3.05, 3.63) is 11.6 Å². The van der Waals surface area contributed by atoms with Crippen LogP contribution in [-0.4, -0.2) is 40.9 Å². The van der Waals surface area contributed by atoms with Crippen LogP contribution < -0.4 is 0 Å². The Morgan fingerprint density at radius 2 is 1.89 bits per heavy atom. The van der Waals surface area contributed by atoms with E-state index in [0.29, 0.717) is 19.3 Å². The first kappa shape index (κ1) is 19.9. The van der Waals surface area contributed by atoms with Crippen LogP contribution >= 0.6 is 0 Å². The van der Waals surface area contributed by atoms with Gasteiger partial charge < -0.3 is 5.11 Å². The van der Waals surface area contributed by atoms with E-state index >= 15 is 8.78 Å². The van der Waals surface area contributed by atoms with Crippen LogP contribution in [0.1, 0.15) is 52.9 Å². The van der Waals surface area contributed by atoms with Crippen LogP contribution in [0.15, 0.2) is 11.6 Å². The van der Waals surface area contributed by atoms with E-state index in [1.54, 1.807) is 13.8 Å². The maximum atomic E-state index is 16.9. The van der Waals surface area contributed by atoms with Gasteiger partial charge in [0.15, 0.2) is 5.78 Å². The van der Waals surface area contributed by atoms with Gasteiger partial charge in [-0.2, -0.15) is 0 Å². The molecule has 0 heterocycles. The third kappa shape index (κ3) is 2.16. The highest BCUT2D eigenvalue weighted by Gasteiger charge is 2.71. The number of Topliss-reactive ketones (excluding diaryl/α,β-unsaturated/α-hetero) is 2. The molecule has 8 atom stereocenters. The largest absolute Gasteiger partial charge is 0.389 e. The molecule has 0 spiro atoms. The van der Waals surface area contributed by atoms with Gasteiger partial charge in [-0.05, 0) is 55.1 Å². The Labute approximate surface area is 163 Å². The fourth-order valence-electron chi connectivity index (χ4n) is 7.33. The van der Waals surface area contributed by atoms with E-state index in [0.717, 1.165) is 6.08 Å². The molecule has 4 aliphatic carbocycles. The fourth-order valence-corrected chi connectivity index (χ4v) is 7.33. The minimum atomic E-state index is -1.79. The minimum Gasteiger partial charge on any atom is -0.389 e. The molecule has 0 radical (unpaired) electrons. The number of alkyl halides is 2. The minimum absolute atomic E-state index is 0.0214. The molecule has 6 heteroatoms. The molecule has 0 aliphatic heterocycles. The van der Waals surface area contributed by atoms with Crippen molar-refractivity contribution in [2.75, 3.05) is 6.61 Å². The first-order valence-electron chi connectivity index (χ1n) is 10.3. The zero-order chi connectivity index (χ0) is 20.6. The van der Waals surface area contributed by atoms with Crippen molar-refractivity contribution < 1.29 is 28.3 Å². The van der Waals surface area contributed by atoms with E-state index in [9.17, 15) is 19.5 Å². The molecule has 4 nitrogen and oxygen atoms in total. The molecule has 0 aromatic heterocycles. The second kappa shape index (κ2) is 6.04. The smallest absolute Gasteiger partial charge is 0.221 e. The van der Waals surface area contributed by atoms with Gasteiger partial charge in [-0.25, -0.2) is 8.78 Å². The summed E-state index contributed by atoms with van der Waals surface area (Å²) >= 11 is 0. The van der Waals surface area contributed by atoms with Gasteiger partial charge in [0.25, 0.3) is 0 Å². The van der Waals surface area contributed by atoms with Crippen molar-refractivity contribution in [2.24, 2.45) is 34.5 Å².